The van der Waals surface area contributed by atoms with E-state index in [1.807, 2.05) is 18.7 Å². The fraction of sp³-hybridized carbons (Fsp3) is 0.500. The van der Waals surface area contributed by atoms with Crippen molar-refractivity contribution in [1.29, 1.82) is 0 Å². The molecule has 0 aromatic carbocycles. The van der Waals surface area contributed by atoms with Crippen molar-refractivity contribution < 1.29 is 0 Å². The van der Waals surface area contributed by atoms with E-state index in [0.717, 1.165) is 25.4 Å². The van der Waals surface area contributed by atoms with Gasteiger partial charge in [-0.15, -0.1) is 0 Å². The van der Waals surface area contributed by atoms with Gasteiger partial charge in [-0.05, 0) is 44.6 Å². The lowest BCUT2D eigenvalue weighted by atomic mass is 10.0. The van der Waals surface area contributed by atoms with Crippen LogP contribution in [0, 0.1) is 0 Å². The minimum absolute atomic E-state index is 0.722. The first-order valence-electron chi connectivity index (χ1n) is 7.63. The lowest BCUT2D eigenvalue weighted by Crippen LogP contribution is -2.17. The average Bonchev–Trinajstić information content (AvgIpc) is 3.23. The number of nitrogens with zero attached hydrogens (tertiary/aromatic N) is 3. The second-order valence-corrected chi connectivity index (χ2v) is 5.87. The standard InChI is InChI=1S/C16H20N4/c1-2-4-16-14(3-1)19-11-20(16)15-7-8-17-9-12(15)10-18-13-5-6-13/h7-9,11,13,18H,1-6,10H2. The largest absolute Gasteiger partial charge is 0.310 e. The first-order valence-corrected chi connectivity index (χ1v) is 7.63. The highest BCUT2D eigenvalue weighted by Gasteiger charge is 2.21. The monoisotopic (exact) mass is 268 g/mol. The Labute approximate surface area is 119 Å². The molecule has 0 atom stereocenters. The predicted octanol–water partition coefficient (Wildman–Crippen LogP) is 2.40. The maximum absolute atomic E-state index is 4.60. The van der Waals surface area contributed by atoms with Gasteiger partial charge in [-0.3, -0.25) is 4.98 Å². The molecule has 2 heterocycles. The Bertz CT molecular complexity index is 613. The highest BCUT2D eigenvalue weighted by molar-refractivity contribution is 5.42. The van der Waals surface area contributed by atoms with Gasteiger partial charge in [0.2, 0.25) is 0 Å². The summed E-state index contributed by atoms with van der Waals surface area (Å²) in [6.07, 6.45) is 13.3. The quantitative estimate of drug-likeness (QED) is 0.926. The van der Waals surface area contributed by atoms with Crippen LogP contribution in [0.1, 0.15) is 42.6 Å². The molecule has 0 bridgehead atoms. The number of fused-ring (bicyclic) bond motifs is 1. The molecule has 4 heteroatoms. The highest BCUT2D eigenvalue weighted by Crippen LogP contribution is 2.25. The Morgan fingerprint density at radius 1 is 1.25 bits per heavy atom. The molecular formula is C16H20N4. The second kappa shape index (κ2) is 5.02. The molecule has 0 amide bonds. The molecule has 2 aliphatic carbocycles. The molecule has 2 aliphatic rings. The molecule has 1 fully saturated rings. The third-order valence-corrected chi connectivity index (χ3v) is 4.33. The lowest BCUT2D eigenvalue weighted by Gasteiger charge is -2.16. The van der Waals surface area contributed by atoms with Gasteiger partial charge in [-0.1, -0.05) is 0 Å². The van der Waals surface area contributed by atoms with Gasteiger partial charge in [0.25, 0.3) is 0 Å². The summed E-state index contributed by atoms with van der Waals surface area (Å²) in [5.74, 6) is 0. The topological polar surface area (TPSA) is 42.7 Å². The molecule has 1 saturated carbocycles. The molecule has 0 saturated heterocycles. The maximum Gasteiger partial charge on any atom is 0.0997 e. The van der Waals surface area contributed by atoms with E-state index < -0.39 is 0 Å². The number of hydrogen-bond acceptors (Lipinski definition) is 3. The van der Waals surface area contributed by atoms with E-state index in [0.29, 0.717) is 0 Å². The smallest absolute Gasteiger partial charge is 0.0997 e. The molecule has 0 aliphatic heterocycles. The fourth-order valence-electron chi connectivity index (χ4n) is 3.01. The summed E-state index contributed by atoms with van der Waals surface area (Å²) < 4.78 is 2.28. The van der Waals surface area contributed by atoms with Crippen molar-refractivity contribution in [3.05, 3.63) is 41.7 Å². The zero-order chi connectivity index (χ0) is 13.4. The van der Waals surface area contributed by atoms with Crippen molar-refractivity contribution >= 4 is 0 Å². The highest BCUT2D eigenvalue weighted by atomic mass is 15.1. The van der Waals surface area contributed by atoms with Crippen LogP contribution in [-0.4, -0.2) is 20.6 Å². The van der Waals surface area contributed by atoms with Crippen LogP contribution in [0.25, 0.3) is 5.69 Å². The molecule has 0 radical (unpaired) electrons. The van der Waals surface area contributed by atoms with Gasteiger partial charge >= 0.3 is 0 Å². The summed E-state index contributed by atoms with van der Waals surface area (Å²) in [6, 6.07) is 2.83. The van der Waals surface area contributed by atoms with Crippen LogP contribution >= 0.6 is 0 Å². The van der Waals surface area contributed by atoms with E-state index in [1.54, 1.807) is 0 Å². The molecule has 4 rings (SSSR count). The predicted molar refractivity (Wildman–Crippen MR) is 77.9 cm³/mol. The third kappa shape index (κ3) is 2.24. The zero-order valence-electron chi connectivity index (χ0n) is 11.7. The van der Waals surface area contributed by atoms with Crippen LogP contribution in [0.3, 0.4) is 0 Å². The molecule has 0 spiro atoms. The number of aromatic nitrogens is 3. The molecule has 104 valence electrons. The minimum Gasteiger partial charge on any atom is -0.310 e. The molecule has 2 aromatic heterocycles. The van der Waals surface area contributed by atoms with Crippen molar-refractivity contribution in [3.63, 3.8) is 0 Å². The van der Waals surface area contributed by atoms with E-state index >= 15 is 0 Å². The Morgan fingerprint density at radius 2 is 2.15 bits per heavy atom. The fourth-order valence-corrected chi connectivity index (χ4v) is 3.01. The maximum atomic E-state index is 4.60. The molecule has 2 aromatic rings. The summed E-state index contributed by atoms with van der Waals surface area (Å²) >= 11 is 0. The van der Waals surface area contributed by atoms with Gasteiger partial charge in [0.1, 0.15) is 0 Å². The zero-order valence-corrected chi connectivity index (χ0v) is 11.7. The van der Waals surface area contributed by atoms with Gasteiger partial charge in [-0.2, -0.15) is 0 Å². The molecule has 0 unspecified atom stereocenters. The van der Waals surface area contributed by atoms with Crippen LogP contribution in [0.15, 0.2) is 24.8 Å². The van der Waals surface area contributed by atoms with Crippen LogP contribution in [0.4, 0.5) is 0 Å². The van der Waals surface area contributed by atoms with Gasteiger partial charge in [0.05, 0.1) is 17.7 Å². The number of hydrogen-bond donors (Lipinski definition) is 1. The van der Waals surface area contributed by atoms with E-state index in [4.69, 9.17) is 0 Å². The Balaban J connectivity index is 1.68. The lowest BCUT2D eigenvalue weighted by molar-refractivity contribution is 0.651. The van der Waals surface area contributed by atoms with E-state index in [-0.39, 0.29) is 0 Å². The summed E-state index contributed by atoms with van der Waals surface area (Å²) in [6.45, 7) is 0.904. The normalized spacial score (nSPS) is 18.0. The van der Waals surface area contributed by atoms with Gasteiger partial charge in [0, 0.05) is 36.2 Å². The van der Waals surface area contributed by atoms with Crippen LogP contribution in [-0.2, 0) is 19.4 Å². The van der Waals surface area contributed by atoms with Gasteiger partial charge < -0.3 is 9.88 Å². The van der Waals surface area contributed by atoms with Crippen molar-refractivity contribution in [3.8, 4) is 5.69 Å². The Morgan fingerprint density at radius 3 is 3.05 bits per heavy atom. The summed E-state index contributed by atoms with van der Waals surface area (Å²) in [4.78, 5) is 8.90. The van der Waals surface area contributed by atoms with Crippen molar-refractivity contribution in [2.75, 3.05) is 0 Å². The third-order valence-electron chi connectivity index (χ3n) is 4.33. The minimum atomic E-state index is 0.722. The molecule has 4 nitrogen and oxygen atoms in total. The Kier molecular flexibility index (Phi) is 3.03. The number of imidazole rings is 1. The second-order valence-electron chi connectivity index (χ2n) is 5.87. The van der Waals surface area contributed by atoms with Crippen LogP contribution < -0.4 is 5.32 Å². The van der Waals surface area contributed by atoms with Crippen molar-refractivity contribution in [1.82, 2.24) is 19.9 Å². The summed E-state index contributed by atoms with van der Waals surface area (Å²) in [5.41, 5.74) is 5.19. The van der Waals surface area contributed by atoms with Gasteiger partial charge in [0.15, 0.2) is 0 Å². The van der Waals surface area contributed by atoms with E-state index in [1.165, 1.54) is 48.3 Å². The number of pyridine rings is 1. The van der Waals surface area contributed by atoms with Crippen LogP contribution in [0.2, 0.25) is 0 Å². The first-order chi connectivity index (χ1) is 9.92. The summed E-state index contributed by atoms with van der Waals surface area (Å²) in [7, 11) is 0. The first kappa shape index (κ1) is 12.1. The summed E-state index contributed by atoms with van der Waals surface area (Å²) in [5, 5.41) is 3.58. The van der Waals surface area contributed by atoms with Gasteiger partial charge in [-0.25, -0.2) is 4.98 Å². The van der Waals surface area contributed by atoms with E-state index in [9.17, 15) is 0 Å². The SMILES string of the molecule is c1cc(-n2cnc3c2CCCC3)c(CNC2CC2)cn1. The molecule has 20 heavy (non-hydrogen) atoms. The van der Waals surface area contributed by atoms with Crippen molar-refractivity contribution in [2.24, 2.45) is 0 Å². The van der Waals surface area contributed by atoms with Crippen molar-refractivity contribution in [2.45, 2.75) is 51.1 Å². The number of aryl methyl sites for hydroxylation is 1. The average molecular weight is 268 g/mol. The number of nitrogens with one attached hydrogen (secondary N) is 1. The molecule has 1 N–H and O–H groups in total. The molecular weight excluding hydrogens is 248 g/mol. The number of rotatable bonds is 4. The van der Waals surface area contributed by atoms with E-state index in [2.05, 4.69) is 25.9 Å². The van der Waals surface area contributed by atoms with Crippen LogP contribution in [0.5, 0.6) is 0 Å². The Hall–Kier alpha value is -1.68.